The van der Waals surface area contributed by atoms with Gasteiger partial charge in [-0.1, -0.05) is 11.6 Å². The zero-order chi connectivity index (χ0) is 18.2. The van der Waals surface area contributed by atoms with Gasteiger partial charge in [-0.05, 0) is 38.8 Å². The smallest absolute Gasteiger partial charge is 0.410 e. The second-order valence-corrected chi connectivity index (χ2v) is 8.62. The molecular formula is C16H18Cl2N4O2S. The minimum absolute atomic E-state index is 0.145. The number of nitrogens with zero attached hydrogens (tertiary/aromatic N) is 4. The Kier molecular flexibility index (Phi) is 5.18. The Morgan fingerprint density at radius 2 is 2.08 bits per heavy atom. The number of amides is 1. The fraction of sp³-hybridized carbons (Fsp3) is 0.500. The Balaban J connectivity index is 1.71. The number of ether oxygens (including phenoxy) is 1. The van der Waals surface area contributed by atoms with E-state index in [9.17, 15) is 4.79 Å². The van der Waals surface area contributed by atoms with Crippen LogP contribution in [0.3, 0.4) is 0 Å². The molecule has 0 aliphatic carbocycles. The van der Waals surface area contributed by atoms with Gasteiger partial charge in [-0.25, -0.2) is 19.7 Å². The zero-order valence-electron chi connectivity index (χ0n) is 14.1. The molecule has 0 N–H and O–H groups in total. The number of hydrogen-bond donors (Lipinski definition) is 0. The molecule has 0 spiro atoms. The molecule has 1 unspecified atom stereocenters. The van der Waals surface area contributed by atoms with Crippen LogP contribution in [-0.4, -0.2) is 44.6 Å². The average molecular weight is 401 g/mol. The van der Waals surface area contributed by atoms with E-state index in [4.69, 9.17) is 27.9 Å². The number of carbonyl (C=O) groups excluding carboxylic acids is 1. The minimum Gasteiger partial charge on any atom is -0.444 e. The van der Waals surface area contributed by atoms with Crippen LogP contribution in [0.1, 0.15) is 38.1 Å². The average Bonchev–Trinajstić information content (AvgIpc) is 3.16. The minimum atomic E-state index is -0.493. The Morgan fingerprint density at radius 1 is 1.32 bits per heavy atom. The summed E-state index contributed by atoms with van der Waals surface area (Å²) in [4.78, 5) is 27.3. The number of thiazole rings is 1. The van der Waals surface area contributed by atoms with Gasteiger partial charge in [-0.15, -0.1) is 11.3 Å². The molecule has 0 saturated carbocycles. The number of halogens is 2. The largest absolute Gasteiger partial charge is 0.444 e. The van der Waals surface area contributed by atoms with Crippen LogP contribution in [0.2, 0.25) is 10.3 Å². The molecule has 1 atom stereocenters. The number of aromatic nitrogens is 3. The summed E-state index contributed by atoms with van der Waals surface area (Å²) >= 11 is 13.5. The van der Waals surface area contributed by atoms with Crippen LogP contribution in [-0.2, 0) is 4.74 Å². The quantitative estimate of drug-likeness (QED) is 0.687. The van der Waals surface area contributed by atoms with Crippen molar-refractivity contribution in [2.45, 2.75) is 38.7 Å². The summed E-state index contributed by atoms with van der Waals surface area (Å²) in [6, 6.07) is 0. The maximum Gasteiger partial charge on any atom is 0.410 e. The van der Waals surface area contributed by atoms with Gasteiger partial charge in [-0.2, -0.15) is 0 Å². The first-order valence-electron chi connectivity index (χ1n) is 7.85. The van der Waals surface area contributed by atoms with E-state index in [-0.39, 0.29) is 17.3 Å². The Hall–Kier alpha value is -1.44. The van der Waals surface area contributed by atoms with Crippen molar-refractivity contribution in [3.63, 3.8) is 0 Å². The molecule has 25 heavy (non-hydrogen) atoms. The number of hydrogen-bond acceptors (Lipinski definition) is 6. The summed E-state index contributed by atoms with van der Waals surface area (Å²) < 4.78 is 5.43. The van der Waals surface area contributed by atoms with Crippen molar-refractivity contribution in [2.24, 2.45) is 0 Å². The van der Waals surface area contributed by atoms with Gasteiger partial charge < -0.3 is 9.64 Å². The van der Waals surface area contributed by atoms with Crippen LogP contribution in [0.4, 0.5) is 4.79 Å². The fourth-order valence-corrected chi connectivity index (χ4v) is 3.99. The van der Waals surface area contributed by atoms with E-state index < -0.39 is 5.60 Å². The molecule has 2 aromatic rings. The highest BCUT2D eigenvalue weighted by atomic mass is 35.5. The van der Waals surface area contributed by atoms with Gasteiger partial charge >= 0.3 is 6.09 Å². The highest BCUT2D eigenvalue weighted by Crippen LogP contribution is 2.36. The first-order chi connectivity index (χ1) is 11.7. The predicted molar refractivity (Wildman–Crippen MR) is 98.3 cm³/mol. The van der Waals surface area contributed by atoms with E-state index in [2.05, 4.69) is 15.0 Å². The van der Waals surface area contributed by atoms with E-state index in [1.54, 1.807) is 11.1 Å². The van der Waals surface area contributed by atoms with Crippen molar-refractivity contribution in [1.82, 2.24) is 19.9 Å². The second-order valence-electron chi connectivity index (χ2n) is 6.81. The molecule has 6 nitrogen and oxygen atoms in total. The fourth-order valence-electron chi connectivity index (χ4n) is 2.56. The highest BCUT2D eigenvalue weighted by Gasteiger charge is 2.32. The monoisotopic (exact) mass is 400 g/mol. The summed E-state index contributed by atoms with van der Waals surface area (Å²) in [7, 11) is 0. The lowest BCUT2D eigenvalue weighted by molar-refractivity contribution is 0.0292. The first-order valence-corrected chi connectivity index (χ1v) is 9.42. The third-order valence-corrected chi connectivity index (χ3v) is 5.29. The zero-order valence-corrected chi connectivity index (χ0v) is 16.5. The molecule has 0 radical (unpaired) electrons. The molecule has 1 aliphatic rings. The third-order valence-electron chi connectivity index (χ3n) is 3.66. The maximum atomic E-state index is 12.2. The van der Waals surface area contributed by atoms with E-state index in [1.807, 2.05) is 20.8 Å². The van der Waals surface area contributed by atoms with E-state index in [0.717, 1.165) is 16.3 Å². The van der Waals surface area contributed by atoms with Crippen molar-refractivity contribution in [3.8, 4) is 10.6 Å². The van der Waals surface area contributed by atoms with Crippen molar-refractivity contribution in [1.29, 1.82) is 0 Å². The Bertz CT molecular complexity index is 791. The first kappa shape index (κ1) is 18.4. The molecule has 1 fully saturated rings. The van der Waals surface area contributed by atoms with E-state index in [0.29, 0.717) is 23.8 Å². The van der Waals surface area contributed by atoms with Gasteiger partial charge in [0.15, 0.2) is 0 Å². The molecule has 3 rings (SSSR count). The van der Waals surface area contributed by atoms with Gasteiger partial charge in [0.25, 0.3) is 0 Å². The van der Waals surface area contributed by atoms with Crippen LogP contribution >= 0.6 is 34.5 Å². The summed E-state index contributed by atoms with van der Waals surface area (Å²) in [6.07, 6.45) is 3.79. The van der Waals surface area contributed by atoms with E-state index in [1.165, 1.54) is 17.5 Å². The summed E-state index contributed by atoms with van der Waals surface area (Å²) in [6.45, 7) is 6.85. The van der Waals surface area contributed by atoms with Crippen molar-refractivity contribution in [2.75, 3.05) is 13.1 Å². The van der Waals surface area contributed by atoms with Crippen molar-refractivity contribution >= 4 is 40.6 Å². The van der Waals surface area contributed by atoms with Crippen LogP contribution in [0.25, 0.3) is 10.6 Å². The summed E-state index contributed by atoms with van der Waals surface area (Å²) in [5.41, 5.74) is 0.0828. The molecule has 1 saturated heterocycles. The lowest BCUT2D eigenvalue weighted by atomic mass is 10.1. The van der Waals surface area contributed by atoms with Gasteiger partial charge in [0.05, 0.1) is 21.1 Å². The molecule has 0 bridgehead atoms. The molecule has 0 aromatic carbocycles. The molecule has 2 aromatic heterocycles. The maximum absolute atomic E-state index is 12.2. The van der Waals surface area contributed by atoms with Crippen LogP contribution in [0, 0.1) is 0 Å². The Morgan fingerprint density at radius 3 is 2.80 bits per heavy atom. The summed E-state index contributed by atoms with van der Waals surface area (Å²) in [5, 5.41) is 1.53. The molecule has 1 aliphatic heterocycles. The lowest BCUT2D eigenvalue weighted by Gasteiger charge is -2.24. The number of rotatable bonds is 2. The number of likely N-dealkylation sites (tertiary alicyclic amines) is 1. The van der Waals surface area contributed by atoms with Gasteiger partial charge in [0.2, 0.25) is 5.28 Å². The molecule has 9 heteroatoms. The molecule has 1 amide bonds. The van der Waals surface area contributed by atoms with Crippen molar-refractivity contribution in [3.05, 3.63) is 27.7 Å². The SMILES string of the molecule is CC(C)(C)OC(=O)N1CCC(c2ncc(-c3nc(Cl)ncc3Cl)s2)C1. The van der Waals surface area contributed by atoms with Gasteiger partial charge in [0, 0.05) is 25.2 Å². The standard InChI is InChI=1S/C16H18Cl2N4O2S/c1-16(2,3)24-15(23)22-5-4-9(8-22)13-19-7-11(25-13)12-10(17)6-20-14(18)21-12/h6-7,9H,4-5,8H2,1-3H3. The molecule has 134 valence electrons. The molecular weight excluding hydrogens is 383 g/mol. The van der Waals surface area contributed by atoms with Crippen molar-refractivity contribution < 1.29 is 9.53 Å². The topological polar surface area (TPSA) is 68.2 Å². The Labute approximate surface area is 160 Å². The predicted octanol–water partition coefficient (Wildman–Crippen LogP) is 4.63. The third kappa shape index (κ3) is 4.40. The van der Waals surface area contributed by atoms with E-state index >= 15 is 0 Å². The highest BCUT2D eigenvalue weighted by molar-refractivity contribution is 7.15. The van der Waals surface area contributed by atoms with Gasteiger partial charge in [0.1, 0.15) is 11.3 Å². The molecule has 3 heterocycles. The van der Waals surface area contributed by atoms with Crippen LogP contribution in [0.15, 0.2) is 12.4 Å². The normalized spacial score (nSPS) is 17.8. The number of carbonyl (C=O) groups is 1. The summed E-state index contributed by atoms with van der Waals surface area (Å²) in [5.74, 6) is 0.183. The lowest BCUT2D eigenvalue weighted by Crippen LogP contribution is -2.35. The van der Waals surface area contributed by atoms with Crippen LogP contribution < -0.4 is 0 Å². The van der Waals surface area contributed by atoms with Crippen LogP contribution in [0.5, 0.6) is 0 Å². The second kappa shape index (κ2) is 7.05. The van der Waals surface area contributed by atoms with Gasteiger partial charge in [-0.3, -0.25) is 0 Å².